The Hall–Kier alpha value is -0.770. The molecule has 0 unspecified atom stereocenters. The fourth-order valence-electron chi connectivity index (χ4n) is 2.10. The first-order chi connectivity index (χ1) is 7.65. The Labute approximate surface area is 100 Å². The van der Waals surface area contributed by atoms with Crippen molar-refractivity contribution in [3.63, 3.8) is 0 Å². The van der Waals surface area contributed by atoms with Gasteiger partial charge in [0.05, 0.1) is 6.10 Å². The molecule has 2 N–H and O–H groups in total. The summed E-state index contributed by atoms with van der Waals surface area (Å²) in [6.45, 7) is 2.28. The zero-order valence-electron chi connectivity index (χ0n) is 9.06. The van der Waals surface area contributed by atoms with Gasteiger partial charge in [-0.3, -0.25) is 4.90 Å². The summed E-state index contributed by atoms with van der Waals surface area (Å²) in [5.74, 6) is 0.268. The number of halogens is 1. The van der Waals surface area contributed by atoms with Crippen LogP contribution in [0, 0.1) is 0 Å². The Morgan fingerprint density at radius 2 is 2.25 bits per heavy atom. The molecule has 3 nitrogen and oxygen atoms in total. The summed E-state index contributed by atoms with van der Waals surface area (Å²) in [6, 6.07) is 5.06. The third kappa shape index (κ3) is 2.88. The lowest BCUT2D eigenvalue weighted by Crippen LogP contribution is -2.37. The van der Waals surface area contributed by atoms with E-state index < -0.39 is 0 Å². The number of benzene rings is 1. The largest absolute Gasteiger partial charge is 0.508 e. The number of hydrogen-bond donors (Lipinski definition) is 2. The van der Waals surface area contributed by atoms with Crippen LogP contribution >= 0.6 is 11.6 Å². The Bertz CT molecular complexity index is 370. The highest BCUT2D eigenvalue weighted by Gasteiger charge is 2.18. The van der Waals surface area contributed by atoms with Gasteiger partial charge in [0.15, 0.2) is 0 Å². The Kier molecular flexibility index (Phi) is 3.69. The number of aromatic hydroxyl groups is 1. The lowest BCUT2D eigenvalue weighted by Gasteiger charge is -2.30. The van der Waals surface area contributed by atoms with Crippen LogP contribution in [0.1, 0.15) is 18.4 Å². The first-order valence-corrected chi connectivity index (χ1v) is 5.91. The third-order valence-electron chi connectivity index (χ3n) is 2.92. The lowest BCUT2D eigenvalue weighted by molar-refractivity contribution is 0.0664. The predicted octanol–water partition coefficient (Wildman–Crippen LogP) is 2.00. The maximum atomic E-state index is 9.68. The smallest absolute Gasteiger partial charge is 0.120 e. The van der Waals surface area contributed by atoms with Crippen molar-refractivity contribution in [2.75, 3.05) is 13.1 Å². The molecule has 1 aliphatic heterocycles. The molecule has 1 aromatic carbocycles. The molecule has 1 atom stereocenters. The van der Waals surface area contributed by atoms with Crippen LogP contribution in [0.5, 0.6) is 5.75 Å². The van der Waals surface area contributed by atoms with Gasteiger partial charge in [-0.2, -0.15) is 0 Å². The number of piperidine rings is 1. The van der Waals surface area contributed by atoms with Crippen molar-refractivity contribution in [3.05, 3.63) is 28.8 Å². The molecule has 4 heteroatoms. The minimum absolute atomic E-state index is 0.241. The highest BCUT2D eigenvalue weighted by Crippen LogP contribution is 2.24. The van der Waals surface area contributed by atoms with Crippen LogP contribution in [0.15, 0.2) is 18.2 Å². The topological polar surface area (TPSA) is 43.7 Å². The van der Waals surface area contributed by atoms with E-state index in [1.54, 1.807) is 18.2 Å². The van der Waals surface area contributed by atoms with Crippen LogP contribution < -0.4 is 0 Å². The molecule has 1 aliphatic rings. The Morgan fingerprint density at radius 1 is 1.44 bits per heavy atom. The van der Waals surface area contributed by atoms with Crippen LogP contribution in [-0.4, -0.2) is 34.3 Å². The van der Waals surface area contributed by atoms with Crippen molar-refractivity contribution < 1.29 is 10.2 Å². The van der Waals surface area contributed by atoms with E-state index in [4.69, 9.17) is 11.6 Å². The van der Waals surface area contributed by atoms with Gasteiger partial charge in [0.2, 0.25) is 0 Å². The lowest BCUT2D eigenvalue weighted by atomic mass is 10.1. The van der Waals surface area contributed by atoms with E-state index in [1.165, 1.54) is 0 Å². The van der Waals surface area contributed by atoms with E-state index >= 15 is 0 Å². The van der Waals surface area contributed by atoms with Crippen LogP contribution in [0.25, 0.3) is 0 Å². The summed E-state index contributed by atoms with van der Waals surface area (Å²) in [4.78, 5) is 2.14. The molecule has 1 aromatic rings. The molecular formula is C12H16ClNO2. The van der Waals surface area contributed by atoms with Gasteiger partial charge in [0.1, 0.15) is 5.75 Å². The molecule has 0 radical (unpaired) electrons. The van der Waals surface area contributed by atoms with Crippen molar-refractivity contribution in [1.82, 2.24) is 4.90 Å². The standard InChI is InChI=1S/C12H16ClNO2/c13-10-3-4-12(16)9(6-10)7-14-5-1-2-11(15)8-14/h3-4,6,11,15-16H,1-2,5,7-8H2/t11-/m1/s1. The van der Waals surface area contributed by atoms with Gasteiger partial charge in [0.25, 0.3) is 0 Å². The molecule has 1 heterocycles. The van der Waals surface area contributed by atoms with E-state index in [0.717, 1.165) is 24.9 Å². The molecule has 1 saturated heterocycles. The maximum Gasteiger partial charge on any atom is 0.120 e. The number of phenolic OH excluding ortho intramolecular Hbond substituents is 1. The third-order valence-corrected chi connectivity index (χ3v) is 3.15. The molecule has 88 valence electrons. The average molecular weight is 242 g/mol. The molecule has 16 heavy (non-hydrogen) atoms. The molecule has 2 rings (SSSR count). The monoisotopic (exact) mass is 241 g/mol. The van der Waals surface area contributed by atoms with E-state index in [1.807, 2.05) is 0 Å². The van der Waals surface area contributed by atoms with Gasteiger partial charge in [-0.05, 0) is 37.6 Å². The highest BCUT2D eigenvalue weighted by atomic mass is 35.5. The number of phenols is 1. The number of likely N-dealkylation sites (tertiary alicyclic amines) is 1. The van der Waals surface area contributed by atoms with Crippen molar-refractivity contribution >= 4 is 11.6 Å². The van der Waals surface area contributed by atoms with Crippen molar-refractivity contribution in [2.24, 2.45) is 0 Å². The van der Waals surface area contributed by atoms with Crippen molar-refractivity contribution in [2.45, 2.75) is 25.5 Å². The first-order valence-electron chi connectivity index (χ1n) is 5.53. The zero-order chi connectivity index (χ0) is 11.5. The fourth-order valence-corrected chi connectivity index (χ4v) is 2.29. The minimum Gasteiger partial charge on any atom is -0.508 e. The Morgan fingerprint density at radius 3 is 3.00 bits per heavy atom. The van der Waals surface area contributed by atoms with Gasteiger partial charge < -0.3 is 10.2 Å². The van der Waals surface area contributed by atoms with Crippen molar-refractivity contribution in [1.29, 1.82) is 0 Å². The first kappa shape index (κ1) is 11.7. The van der Waals surface area contributed by atoms with Crippen LogP contribution in [0.4, 0.5) is 0 Å². The summed E-state index contributed by atoms with van der Waals surface area (Å²) in [7, 11) is 0. The fraction of sp³-hybridized carbons (Fsp3) is 0.500. The van der Waals surface area contributed by atoms with Gasteiger partial charge in [-0.15, -0.1) is 0 Å². The molecule has 0 spiro atoms. The zero-order valence-corrected chi connectivity index (χ0v) is 9.82. The summed E-state index contributed by atoms with van der Waals surface area (Å²) in [5, 5.41) is 19.9. The summed E-state index contributed by atoms with van der Waals surface area (Å²) < 4.78 is 0. The molecular weight excluding hydrogens is 226 g/mol. The summed E-state index contributed by atoms with van der Waals surface area (Å²) in [5.41, 5.74) is 0.821. The summed E-state index contributed by atoms with van der Waals surface area (Å²) in [6.07, 6.45) is 1.63. The van der Waals surface area contributed by atoms with Gasteiger partial charge >= 0.3 is 0 Å². The van der Waals surface area contributed by atoms with Crippen LogP contribution in [0.3, 0.4) is 0 Å². The molecule has 0 saturated carbocycles. The van der Waals surface area contributed by atoms with E-state index in [9.17, 15) is 10.2 Å². The number of aliphatic hydroxyl groups is 1. The quantitative estimate of drug-likeness (QED) is 0.833. The number of aliphatic hydroxyl groups excluding tert-OH is 1. The van der Waals surface area contributed by atoms with E-state index in [-0.39, 0.29) is 11.9 Å². The minimum atomic E-state index is -0.241. The number of hydrogen-bond acceptors (Lipinski definition) is 3. The normalized spacial score (nSPS) is 22.2. The Balaban J connectivity index is 2.05. The van der Waals surface area contributed by atoms with E-state index in [2.05, 4.69) is 4.90 Å². The molecule has 0 amide bonds. The molecule has 1 fully saturated rings. The van der Waals surface area contributed by atoms with Gasteiger partial charge in [-0.25, -0.2) is 0 Å². The SMILES string of the molecule is Oc1ccc(Cl)cc1CN1CCC[C@@H](O)C1. The van der Waals surface area contributed by atoms with E-state index in [0.29, 0.717) is 18.1 Å². The van der Waals surface area contributed by atoms with Gasteiger partial charge in [0, 0.05) is 23.7 Å². The molecule has 0 aromatic heterocycles. The van der Waals surface area contributed by atoms with Crippen LogP contribution in [-0.2, 0) is 6.54 Å². The highest BCUT2D eigenvalue weighted by molar-refractivity contribution is 6.30. The summed E-state index contributed by atoms with van der Waals surface area (Å²) >= 11 is 5.88. The number of rotatable bonds is 2. The van der Waals surface area contributed by atoms with Gasteiger partial charge in [-0.1, -0.05) is 11.6 Å². The molecule has 0 aliphatic carbocycles. The second kappa shape index (κ2) is 5.04. The second-order valence-corrected chi connectivity index (χ2v) is 4.74. The van der Waals surface area contributed by atoms with Crippen LogP contribution in [0.2, 0.25) is 5.02 Å². The molecule has 0 bridgehead atoms. The maximum absolute atomic E-state index is 9.68. The predicted molar refractivity (Wildman–Crippen MR) is 63.6 cm³/mol. The second-order valence-electron chi connectivity index (χ2n) is 4.30. The number of β-amino-alcohol motifs (C(OH)–C–C–N with tert-alkyl or cyclic N) is 1. The van der Waals surface area contributed by atoms with Crippen molar-refractivity contribution in [3.8, 4) is 5.75 Å². The average Bonchev–Trinajstić information content (AvgIpc) is 2.24. The number of nitrogens with zero attached hydrogens (tertiary/aromatic N) is 1.